The molecule has 2 N–H and O–H groups in total. The van der Waals surface area contributed by atoms with Gasteiger partial charge < -0.3 is 4.90 Å². The van der Waals surface area contributed by atoms with Crippen LogP contribution in [0, 0.1) is 0 Å². The fourth-order valence-corrected chi connectivity index (χ4v) is 2.22. The second-order valence-electron chi connectivity index (χ2n) is 3.96. The third kappa shape index (κ3) is 3.54. The summed E-state index contributed by atoms with van der Waals surface area (Å²) < 4.78 is 22.5. The minimum absolute atomic E-state index is 0.0408. The molecule has 18 heavy (non-hydrogen) atoms. The molecule has 0 unspecified atom stereocenters. The molecule has 0 bridgehead atoms. The Kier molecular flexibility index (Phi) is 4.86. The molecule has 0 saturated heterocycles. The Labute approximate surface area is 108 Å². The van der Waals surface area contributed by atoms with Crippen LogP contribution in [0.15, 0.2) is 29.2 Å². The SMILES string of the molecule is CCCN(CC)C(=O)c1cccc(S(N)(=O)=O)c1. The predicted octanol–water partition coefficient (Wildman–Crippen LogP) is 1.21. The van der Waals surface area contributed by atoms with E-state index < -0.39 is 10.0 Å². The molecule has 0 aliphatic heterocycles. The van der Waals surface area contributed by atoms with Gasteiger partial charge in [-0.1, -0.05) is 13.0 Å². The highest BCUT2D eigenvalue weighted by Crippen LogP contribution is 2.12. The van der Waals surface area contributed by atoms with Crippen LogP contribution < -0.4 is 5.14 Å². The lowest BCUT2D eigenvalue weighted by molar-refractivity contribution is 0.0764. The van der Waals surface area contributed by atoms with E-state index in [1.807, 2.05) is 13.8 Å². The molecule has 0 spiro atoms. The Morgan fingerprint density at radius 1 is 1.33 bits per heavy atom. The number of hydrogen-bond acceptors (Lipinski definition) is 3. The Morgan fingerprint density at radius 3 is 2.50 bits per heavy atom. The fraction of sp³-hybridized carbons (Fsp3) is 0.417. The van der Waals surface area contributed by atoms with Gasteiger partial charge in [-0.25, -0.2) is 13.6 Å². The van der Waals surface area contributed by atoms with Crippen LogP contribution in [0.4, 0.5) is 0 Å². The number of amides is 1. The Hall–Kier alpha value is -1.40. The molecule has 0 aliphatic rings. The molecule has 6 heteroatoms. The number of nitrogens with two attached hydrogens (primary N) is 1. The molecule has 1 amide bonds. The van der Waals surface area contributed by atoms with E-state index in [1.54, 1.807) is 11.0 Å². The zero-order valence-electron chi connectivity index (χ0n) is 10.6. The van der Waals surface area contributed by atoms with Crippen LogP contribution in [0.2, 0.25) is 0 Å². The van der Waals surface area contributed by atoms with E-state index >= 15 is 0 Å². The van der Waals surface area contributed by atoms with E-state index in [1.165, 1.54) is 18.2 Å². The molecule has 5 nitrogen and oxygen atoms in total. The minimum atomic E-state index is -3.77. The second-order valence-corrected chi connectivity index (χ2v) is 5.52. The van der Waals surface area contributed by atoms with Crippen molar-refractivity contribution in [3.8, 4) is 0 Å². The molecule has 0 fully saturated rings. The lowest BCUT2D eigenvalue weighted by Gasteiger charge is -2.20. The molecule has 0 aromatic heterocycles. The van der Waals surface area contributed by atoms with E-state index in [2.05, 4.69) is 0 Å². The minimum Gasteiger partial charge on any atom is -0.339 e. The molecule has 0 atom stereocenters. The zero-order valence-corrected chi connectivity index (χ0v) is 11.4. The molecule has 0 heterocycles. The summed E-state index contributed by atoms with van der Waals surface area (Å²) in [7, 11) is -3.77. The summed E-state index contributed by atoms with van der Waals surface area (Å²) in [5.41, 5.74) is 0.344. The van der Waals surface area contributed by atoms with Crippen LogP contribution >= 0.6 is 0 Å². The van der Waals surface area contributed by atoms with Crippen molar-refractivity contribution in [1.29, 1.82) is 0 Å². The highest BCUT2D eigenvalue weighted by molar-refractivity contribution is 7.89. The predicted molar refractivity (Wildman–Crippen MR) is 69.7 cm³/mol. The molecule has 1 rings (SSSR count). The lowest BCUT2D eigenvalue weighted by Crippen LogP contribution is -2.31. The van der Waals surface area contributed by atoms with Gasteiger partial charge in [-0.2, -0.15) is 0 Å². The highest BCUT2D eigenvalue weighted by atomic mass is 32.2. The first-order chi connectivity index (χ1) is 8.40. The van der Waals surface area contributed by atoms with Crippen molar-refractivity contribution in [1.82, 2.24) is 4.90 Å². The van der Waals surface area contributed by atoms with Gasteiger partial charge >= 0.3 is 0 Å². The van der Waals surface area contributed by atoms with Crippen molar-refractivity contribution in [2.45, 2.75) is 25.2 Å². The molecule has 0 aliphatic carbocycles. The Morgan fingerprint density at radius 2 is 2.00 bits per heavy atom. The molecular weight excluding hydrogens is 252 g/mol. The van der Waals surface area contributed by atoms with Gasteiger partial charge in [0.1, 0.15) is 0 Å². The summed E-state index contributed by atoms with van der Waals surface area (Å²) in [5, 5.41) is 5.04. The van der Waals surface area contributed by atoms with Gasteiger partial charge in [-0.3, -0.25) is 4.79 Å². The number of rotatable bonds is 5. The molecular formula is C12H18N2O3S. The van der Waals surface area contributed by atoms with E-state index in [0.29, 0.717) is 18.7 Å². The zero-order chi connectivity index (χ0) is 13.8. The van der Waals surface area contributed by atoms with E-state index in [0.717, 1.165) is 6.42 Å². The van der Waals surface area contributed by atoms with E-state index in [-0.39, 0.29) is 10.8 Å². The second kappa shape index (κ2) is 5.97. The monoisotopic (exact) mass is 270 g/mol. The number of hydrogen-bond donors (Lipinski definition) is 1. The van der Waals surface area contributed by atoms with Crippen LogP contribution in [0.1, 0.15) is 30.6 Å². The third-order valence-corrected chi connectivity index (χ3v) is 3.48. The van der Waals surface area contributed by atoms with Crippen LogP contribution in [0.5, 0.6) is 0 Å². The first-order valence-electron chi connectivity index (χ1n) is 5.82. The maximum Gasteiger partial charge on any atom is 0.253 e. The normalized spacial score (nSPS) is 11.3. The highest BCUT2D eigenvalue weighted by Gasteiger charge is 2.16. The number of primary sulfonamides is 1. The maximum atomic E-state index is 12.1. The van der Waals surface area contributed by atoms with Crippen molar-refractivity contribution in [2.24, 2.45) is 5.14 Å². The third-order valence-electron chi connectivity index (χ3n) is 2.57. The lowest BCUT2D eigenvalue weighted by atomic mass is 10.2. The van der Waals surface area contributed by atoms with Gasteiger partial charge in [0.25, 0.3) is 5.91 Å². The van der Waals surface area contributed by atoms with Crippen LogP contribution in [-0.2, 0) is 10.0 Å². The first-order valence-corrected chi connectivity index (χ1v) is 7.37. The summed E-state index contributed by atoms with van der Waals surface area (Å²) in [5.74, 6) is -0.176. The number of sulfonamides is 1. The van der Waals surface area contributed by atoms with Gasteiger partial charge in [-0.05, 0) is 31.5 Å². The number of benzene rings is 1. The van der Waals surface area contributed by atoms with Gasteiger partial charge in [-0.15, -0.1) is 0 Å². The average Bonchev–Trinajstić information content (AvgIpc) is 2.34. The molecule has 0 radical (unpaired) electrons. The van der Waals surface area contributed by atoms with Gasteiger partial charge in [0.05, 0.1) is 4.90 Å². The number of carbonyl (C=O) groups is 1. The average molecular weight is 270 g/mol. The first kappa shape index (κ1) is 14.7. The maximum absolute atomic E-state index is 12.1. The summed E-state index contributed by atoms with van der Waals surface area (Å²) in [6, 6.07) is 5.81. The smallest absolute Gasteiger partial charge is 0.253 e. The fourth-order valence-electron chi connectivity index (χ4n) is 1.66. The van der Waals surface area contributed by atoms with E-state index in [9.17, 15) is 13.2 Å². The van der Waals surface area contributed by atoms with Crippen LogP contribution in [0.25, 0.3) is 0 Å². The summed E-state index contributed by atoms with van der Waals surface area (Å²) in [6.07, 6.45) is 0.856. The summed E-state index contributed by atoms with van der Waals surface area (Å²) in [4.78, 5) is 13.8. The molecule has 1 aromatic rings. The number of carbonyl (C=O) groups excluding carboxylic acids is 1. The van der Waals surface area contributed by atoms with Crippen LogP contribution in [0.3, 0.4) is 0 Å². The van der Waals surface area contributed by atoms with Gasteiger partial charge in [0.2, 0.25) is 10.0 Å². The summed E-state index contributed by atoms with van der Waals surface area (Å²) >= 11 is 0. The largest absolute Gasteiger partial charge is 0.339 e. The summed E-state index contributed by atoms with van der Waals surface area (Å²) in [6.45, 7) is 5.11. The van der Waals surface area contributed by atoms with Crippen molar-refractivity contribution < 1.29 is 13.2 Å². The van der Waals surface area contributed by atoms with E-state index in [4.69, 9.17) is 5.14 Å². The van der Waals surface area contributed by atoms with Gasteiger partial charge in [0, 0.05) is 18.7 Å². The molecule has 1 aromatic carbocycles. The Bertz CT molecular complexity index is 526. The van der Waals surface area contributed by atoms with Gasteiger partial charge in [0.15, 0.2) is 0 Å². The quantitative estimate of drug-likeness (QED) is 0.873. The van der Waals surface area contributed by atoms with Crippen molar-refractivity contribution >= 4 is 15.9 Å². The molecule has 0 saturated carbocycles. The van der Waals surface area contributed by atoms with Crippen molar-refractivity contribution in [2.75, 3.05) is 13.1 Å². The Balaban J connectivity index is 3.07. The van der Waals surface area contributed by atoms with Crippen molar-refractivity contribution in [3.05, 3.63) is 29.8 Å². The number of nitrogens with zero attached hydrogens (tertiary/aromatic N) is 1. The van der Waals surface area contributed by atoms with Crippen LogP contribution in [-0.4, -0.2) is 32.3 Å². The standard InChI is InChI=1S/C12H18N2O3S/c1-3-8-14(4-2)12(15)10-6-5-7-11(9-10)18(13,16)17/h5-7,9H,3-4,8H2,1-2H3,(H2,13,16,17). The topological polar surface area (TPSA) is 80.5 Å². The van der Waals surface area contributed by atoms with Crippen molar-refractivity contribution in [3.63, 3.8) is 0 Å². The molecule has 100 valence electrons.